The number of amides is 2. The number of benzene rings is 1. The van der Waals surface area contributed by atoms with E-state index >= 15 is 0 Å². The summed E-state index contributed by atoms with van der Waals surface area (Å²) in [6.45, 7) is 1.94. The van der Waals surface area contributed by atoms with Crippen molar-refractivity contribution in [3.05, 3.63) is 26.7 Å². The Labute approximate surface area is 141 Å². The number of hydrogen-bond donors (Lipinski definition) is 3. The van der Waals surface area contributed by atoms with Gasteiger partial charge in [-0.1, -0.05) is 58.9 Å². The maximum atomic E-state index is 11.9. The lowest BCUT2D eigenvalue weighted by atomic mass is 10.1. The molecule has 0 aliphatic rings. The van der Waals surface area contributed by atoms with Crippen LogP contribution in [-0.4, -0.2) is 23.1 Å². The van der Waals surface area contributed by atoms with E-state index in [0.717, 1.165) is 6.42 Å². The van der Waals surface area contributed by atoms with Crippen LogP contribution in [0, 0.1) is 0 Å². The fourth-order valence-electron chi connectivity index (χ4n) is 1.64. The zero-order valence-corrected chi connectivity index (χ0v) is 14.3. The van der Waals surface area contributed by atoms with E-state index in [0.29, 0.717) is 17.3 Å². The predicted octanol–water partition coefficient (Wildman–Crippen LogP) is 4.52. The van der Waals surface area contributed by atoms with E-state index in [1.807, 2.05) is 6.92 Å². The number of anilines is 1. The van der Waals surface area contributed by atoms with Gasteiger partial charge in [0.25, 0.3) is 0 Å². The number of rotatable bonds is 6. The van der Waals surface area contributed by atoms with E-state index in [1.165, 1.54) is 0 Å². The molecular weight excluding hydrogens is 383 g/mol. The molecule has 3 N–H and O–H groups in total. The van der Waals surface area contributed by atoms with Crippen molar-refractivity contribution in [3.8, 4) is 0 Å². The molecule has 2 amide bonds. The Hall–Kier alpha value is -0.980. The molecule has 21 heavy (non-hydrogen) atoms. The zero-order chi connectivity index (χ0) is 16.0. The smallest absolute Gasteiger partial charge is 0.326 e. The third kappa shape index (κ3) is 5.73. The van der Waals surface area contributed by atoms with Gasteiger partial charge in [0.1, 0.15) is 6.04 Å². The molecule has 1 rings (SSSR count). The third-order valence-corrected chi connectivity index (χ3v) is 3.75. The van der Waals surface area contributed by atoms with Gasteiger partial charge in [0, 0.05) is 4.47 Å². The van der Waals surface area contributed by atoms with E-state index < -0.39 is 18.0 Å². The fourth-order valence-corrected chi connectivity index (χ4v) is 2.94. The highest BCUT2D eigenvalue weighted by molar-refractivity contribution is 9.10. The highest BCUT2D eigenvalue weighted by Gasteiger charge is 2.20. The highest BCUT2D eigenvalue weighted by atomic mass is 79.9. The van der Waals surface area contributed by atoms with Crippen LogP contribution in [0.3, 0.4) is 0 Å². The van der Waals surface area contributed by atoms with Crippen LogP contribution in [0.1, 0.15) is 26.2 Å². The summed E-state index contributed by atoms with van der Waals surface area (Å²) in [5.74, 6) is -1.08. The lowest BCUT2D eigenvalue weighted by Crippen LogP contribution is -2.43. The van der Waals surface area contributed by atoms with Crippen molar-refractivity contribution >= 4 is 56.8 Å². The second kappa shape index (κ2) is 8.46. The van der Waals surface area contributed by atoms with Gasteiger partial charge in [0.15, 0.2) is 0 Å². The van der Waals surface area contributed by atoms with E-state index in [-0.39, 0.29) is 15.7 Å². The normalized spacial score (nSPS) is 11.8. The Morgan fingerprint density at radius 3 is 2.38 bits per heavy atom. The van der Waals surface area contributed by atoms with Gasteiger partial charge in [-0.05, 0) is 18.6 Å². The largest absolute Gasteiger partial charge is 0.480 e. The number of carbonyl (C=O) groups excluding carboxylic acids is 1. The van der Waals surface area contributed by atoms with Gasteiger partial charge >= 0.3 is 12.0 Å². The first-order valence-corrected chi connectivity index (χ1v) is 7.85. The molecular formula is C13H15BrCl2N2O3. The summed E-state index contributed by atoms with van der Waals surface area (Å²) in [6.07, 6.45) is 1.91. The number of nitrogens with one attached hydrogen (secondary N) is 2. The van der Waals surface area contributed by atoms with E-state index in [4.69, 9.17) is 28.3 Å². The molecule has 1 aromatic carbocycles. The Kier molecular flexibility index (Phi) is 7.28. The second-order valence-electron chi connectivity index (χ2n) is 4.38. The van der Waals surface area contributed by atoms with Crippen LogP contribution in [0.2, 0.25) is 10.0 Å². The lowest BCUT2D eigenvalue weighted by Gasteiger charge is -2.16. The van der Waals surface area contributed by atoms with Crippen molar-refractivity contribution in [1.82, 2.24) is 5.32 Å². The fraction of sp³-hybridized carbons (Fsp3) is 0.385. The van der Waals surface area contributed by atoms with E-state index in [1.54, 1.807) is 12.1 Å². The van der Waals surface area contributed by atoms with Gasteiger partial charge in [-0.15, -0.1) is 0 Å². The molecule has 1 aromatic rings. The second-order valence-corrected chi connectivity index (χ2v) is 6.11. The van der Waals surface area contributed by atoms with Gasteiger partial charge in [0.2, 0.25) is 0 Å². The maximum Gasteiger partial charge on any atom is 0.326 e. The Morgan fingerprint density at radius 1 is 1.33 bits per heavy atom. The summed E-state index contributed by atoms with van der Waals surface area (Å²) in [4.78, 5) is 22.9. The molecule has 0 spiro atoms. The maximum absolute atomic E-state index is 11.9. The van der Waals surface area contributed by atoms with Gasteiger partial charge < -0.3 is 15.7 Å². The minimum atomic E-state index is -1.08. The van der Waals surface area contributed by atoms with Crippen molar-refractivity contribution < 1.29 is 14.7 Å². The molecule has 1 unspecified atom stereocenters. The molecule has 1 atom stereocenters. The average Bonchev–Trinajstić information content (AvgIpc) is 2.38. The quantitative estimate of drug-likeness (QED) is 0.660. The third-order valence-electron chi connectivity index (χ3n) is 2.70. The van der Waals surface area contributed by atoms with Crippen molar-refractivity contribution in [2.24, 2.45) is 0 Å². The van der Waals surface area contributed by atoms with Crippen LogP contribution in [0.15, 0.2) is 16.6 Å². The number of halogens is 3. The SMILES string of the molecule is CCCCC(NC(=O)Nc1c(Cl)cc(Br)cc1Cl)C(=O)O. The summed E-state index contributed by atoms with van der Waals surface area (Å²) in [5, 5.41) is 14.4. The summed E-state index contributed by atoms with van der Waals surface area (Å²) < 4.78 is 0.676. The zero-order valence-electron chi connectivity index (χ0n) is 11.3. The van der Waals surface area contributed by atoms with Crippen LogP contribution in [0.5, 0.6) is 0 Å². The van der Waals surface area contributed by atoms with Crippen LogP contribution in [0.25, 0.3) is 0 Å². The Bertz CT molecular complexity index is 517. The lowest BCUT2D eigenvalue weighted by molar-refractivity contribution is -0.139. The number of aliphatic carboxylic acids is 1. The molecule has 0 aromatic heterocycles. The number of carboxylic acid groups (broad SMARTS) is 1. The minimum absolute atomic E-state index is 0.235. The number of hydrogen-bond acceptors (Lipinski definition) is 2. The number of unbranched alkanes of at least 4 members (excludes halogenated alkanes) is 1. The minimum Gasteiger partial charge on any atom is -0.480 e. The number of carboxylic acids is 1. The Balaban J connectivity index is 2.74. The standard InChI is InChI=1S/C13H15BrCl2N2O3/c1-2-3-4-10(12(19)20)17-13(21)18-11-8(15)5-7(14)6-9(11)16/h5-6,10H,2-4H2,1H3,(H,19,20)(H2,17,18,21). The Morgan fingerprint density at radius 2 is 1.90 bits per heavy atom. The van der Waals surface area contributed by atoms with E-state index in [2.05, 4.69) is 26.6 Å². The summed E-state index contributed by atoms with van der Waals surface area (Å²) >= 11 is 15.2. The topological polar surface area (TPSA) is 78.4 Å². The van der Waals surface area contributed by atoms with E-state index in [9.17, 15) is 9.59 Å². The highest BCUT2D eigenvalue weighted by Crippen LogP contribution is 2.33. The van der Waals surface area contributed by atoms with Crippen molar-refractivity contribution in [2.45, 2.75) is 32.2 Å². The van der Waals surface area contributed by atoms with Crippen LogP contribution >= 0.6 is 39.1 Å². The van der Waals surface area contributed by atoms with Crippen molar-refractivity contribution in [3.63, 3.8) is 0 Å². The van der Waals surface area contributed by atoms with Crippen molar-refractivity contribution in [1.29, 1.82) is 0 Å². The molecule has 0 aliphatic heterocycles. The van der Waals surface area contributed by atoms with Crippen LogP contribution in [0.4, 0.5) is 10.5 Å². The predicted molar refractivity (Wildman–Crippen MR) is 87.3 cm³/mol. The summed E-state index contributed by atoms with van der Waals surface area (Å²) in [7, 11) is 0. The molecule has 0 bridgehead atoms. The first-order chi connectivity index (χ1) is 9.85. The number of carbonyl (C=O) groups is 2. The molecule has 0 heterocycles. The number of urea groups is 1. The summed E-state index contributed by atoms with van der Waals surface area (Å²) in [5.41, 5.74) is 0.235. The van der Waals surface area contributed by atoms with Gasteiger partial charge in [-0.3, -0.25) is 0 Å². The van der Waals surface area contributed by atoms with Crippen LogP contribution in [-0.2, 0) is 4.79 Å². The summed E-state index contributed by atoms with van der Waals surface area (Å²) in [6, 6.07) is 1.55. The van der Waals surface area contributed by atoms with Crippen LogP contribution < -0.4 is 10.6 Å². The molecule has 0 fully saturated rings. The van der Waals surface area contributed by atoms with Crippen molar-refractivity contribution in [2.75, 3.05) is 5.32 Å². The van der Waals surface area contributed by atoms with Gasteiger partial charge in [-0.25, -0.2) is 9.59 Å². The first-order valence-electron chi connectivity index (χ1n) is 6.30. The molecule has 8 heteroatoms. The van der Waals surface area contributed by atoms with Gasteiger partial charge in [0.05, 0.1) is 15.7 Å². The molecule has 0 saturated carbocycles. The molecule has 5 nitrogen and oxygen atoms in total. The molecule has 0 radical (unpaired) electrons. The molecule has 116 valence electrons. The van der Waals surface area contributed by atoms with Gasteiger partial charge in [-0.2, -0.15) is 0 Å². The molecule has 0 aliphatic carbocycles. The average molecular weight is 398 g/mol. The monoisotopic (exact) mass is 396 g/mol. The molecule has 0 saturated heterocycles. The first kappa shape index (κ1) is 18.1.